The number of aryl methyl sites for hydroxylation is 1. The van der Waals surface area contributed by atoms with Gasteiger partial charge in [-0.1, -0.05) is 0 Å². The number of carbonyl (C=O) groups excluding carboxylic acids is 1. The molecule has 3 heterocycles. The van der Waals surface area contributed by atoms with Crippen molar-refractivity contribution in [1.29, 1.82) is 0 Å². The highest BCUT2D eigenvalue weighted by Gasteiger charge is 2.27. The highest BCUT2D eigenvalue weighted by Crippen LogP contribution is 2.24. The Kier molecular flexibility index (Phi) is 5.94. The van der Waals surface area contributed by atoms with Gasteiger partial charge in [-0.3, -0.25) is 0 Å². The summed E-state index contributed by atoms with van der Waals surface area (Å²) in [5.41, 5.74) is 0.502. The Morgan fingerprint density at radius 3 is 2.89 bits per heavy atom. The smallest absolute Gasteiger partial charge is 0.410 e. The van der Waals surface area contributed by atoms with Crippen LogP contribution in [0.5, 0.6) is 0 Å². The summed E-state index contributed by atoms with van der Waals surface area (Å²) in [7, 11) is 0. The van der Waals surface area contributed by atoms with Crippen LogP contribution >= 0.6 is 11.3 Å². The minimum atomic E-state index is -0.467. The van der Waals surface area contributed by atoms with Crippen LogP contribution in [0, 0.1) is 12.8 Å². The third-order valence-electron chi connectivity index (χ3n) is 4.25. The summed E-state index contributed by atoms with van der Waals surface area (Å²) < 4.78 is 5.51. The highest BCUT2D eigenvalue weighted by atomic mass is 32.1. The van der Waals surface area contributed by atoms with E-state index in [0.717, 1.165) is 47.3 Å². The molecule has 1 aliphatic rings. The van der Waals surface area contributed by atoms with Gasteiger partial charge in [0, 0.05) is 35.9 Å². The van der Waals surface area contributed by atoms with Crippen LogP contribution in [0.3, 0.4) is 0 Å². The summed E-state index contributed by atoms with van der Waals surface area (Å²) in [5.74, 6) is 1.12. The predicted octanol–water partition coefficient (Wildman–Crippen LogP) is 4.17. The van der Waals surface area contributed by atoms with Gasteiger partial charge in [0.2, 0.25) is 0 Å². The lowest BCUT2D eigenvalue weighted by Gasteiger charge is -2.34. The fourth-order valence-electron chi connectivity index (χ4n) is 3.12. The third kappa shape index (κ3) is 5.89. The fraction of sp³-hybridized carbons (Fsp3) is 0.579. The Bertz CT molecular complexity index is 786. The maximum absolute atomic E-state index is 12.3. The topological polar surface area (TPSA) is 80.2 Å². The molecule has 1 N–H and O–H groups in total. The van der Waals surface area contributed by atoms with E-state index in [1.807, 2.05) is 44.9 Å². The molecular weight excluding hydrogens is 362 g/mol. The van der Waals surface area contributed by atoms with E-state index in [0.29, 0.717) is 12.5 Å². The minimum Gasteiger partial charge on any atom is -0.444 e. The molecule has 1 fully saturated rings. The Hall–Kier alpha value is -2.22. The van der Waals surface area contributed by atoms with Gasteiger partial charge in [0.25, 0.3) is 0 Å². The first kappa shape index (κ1) is 19.5. The van der Waals surface area contributed by atoms with Crippen LogP contribution in [0.2, 0.25) is 0 Å². The van der Waals surface area contributed by atoms with Gasteiger partial charge >= 0.3 is 6.09 Å². The SMILES string of the molecule is Cc1cnc(Nc2cc(C[C@@H]3CCCN(C(=O)OC(C)(C)C)C3)ncn2)s1. The van der Waals surface area contributed by atoms with Crippen molar-refractivity contribution in [3.8, 4) is 0 Å². The second-order valence-electron chi connectivity index (χ2n) is 7.93. The van der Waals surface area contributed by atoms with Crippen LogP contribution in [0.25, 0.3) is 0 Å². The summed E-state index contributed by atoms with van der Waals surface area (Å²) >= 11 is 1.59. The number of anilines is 2. The number of hydrogen-bond donors (Lipinski definition) is 1. The first-order valence-corrected chi connectivity index (χ1v) is 10.1. The lowest BCUT2D eigenvalue weighted by Crippen LogP contribution is -2.43. The van der Waals surface area contributed by atoms with Crippen LogP contribution in [-0.4, -0.2) is 44.6 Å². The first-order chi connectivity index (χ1) is 12.8. The zero-order valence-corrected chi connectivity index (χ0v) is 17.2. The van der Waals surface area contributed by atoms with Crippen molar-refractivity contribution in [3.05, 3.63) is 29.2 Å². The molecule has 146 valence electrons. The van der Waals surface area contributed by atoms with Gasteiger partial charge in [-0.2, -0.15) is 0 Å². The maximum atomic E-state index is 12.3. The van der Waals surface area contributed by atoms with Gasteiger partial charge < -0.3 is 15.0 Å². The number of ether oxygens (including phenoxy) is 1. The number of nitrogens with zero attached hydrogens (tertiary/aromatic N) is 4. The lowest BCUT2D eigenvalue weighted by atomic mass is 9.93. The van der Waals surface area contributed by atoms with Gasteiger partial charge in [0.05, 0.1) is 0 Å². The van der Waals surface area contributed by atoms with E-state index < -0.39 is 5.60 Å². The fourth-order valence-corrected chi connectivity index (χ4v) is 3.79. The maximum Gasteiger partial charge on any atom is 0.410 e. The van der Waals surface area contributed by atoms with Crippen LogP contribution in [0.15, 0.2) is 18.6 Å². The van der Waals surface area contributed by atoms with Crippen molar-refractivity contribution in [3.63, 3.8) is 0 Å². The van der Waals surface area contributed by atoms with E-state index in [4.69, 9.17) is 4.74 Å². The molecular formula is C19H27N5O2S. The van der Waals surface area contributed by atoms with Gasteiger partial charge in [-0.25, -0.2) is 19.7 Å². The predicted molar refractivity (Wildman–Crippen MR) is 106 cm³/mol. The standard InChI is InChI=1S/C19H27N5O2S/c1-13-10-20-17(27-13)23-16-9-15(21-12-22-16)8-14-6-5-7-24(11-14)18(25)26-19(2,3)4/h9-10,12,14H,5-8,11H2,1-4H3,(H,20,21,22,23)/t14-/m0/s1. The lowest BCUT2D eigenvalue weighted by molar-refractivity contribution is 0.0165. The first-order valence-electron chi connectivity index (χ1n) is 9.27. The molecule has 1 atom stereocenters. The second kappa shape index (κ2) is 8.21. The molecule has 0 saturated carbocycles. The van der Waals surface area contributed by atoms with Gasteiger partial charge in [0.1, 0.15) is 17.7 Å². The zero-order valence-electron chi connectivity index (χ0n) is 16.4. The number of carbonyl (C=O) groups is 1. The molecule has 2 aromatic heterocycles. The Balaban J connectivity index is 1.59. The molecule has 0 bridgehead atoms. The van der Waals surface area contributed by atoms with Crippen LogP contribution in [-0.2, 0) is 11.2 Å². The average Bonchev–Trinajstić information content (AvgIpc) is 2.99. The second-order valence-corrected chi connectivity index (χ2v) is 9.17. The molecule has 1 amide bonds. The number of piperidine rings is 1. The molecule has 0 radical (unpaired) electrons. The molecule has 0 unspecified atom stereocenters. The molecule has 8 heteroatoms. The van der Waals surface area contributed by atoms with E-state index in [1.54, 1.807) is 17.7 Å². The summed E-state index contributed by atoms with van der Waals surface area (Å²) in [6.07, 6.45) is 6.06. The number of rotatable bonds is 4. The number of likely N-dealkylation sites (tertiary alicyclic amines) is 1. The van der Waals surface area contributed by atoms with E-state index in [1.165, 1.54) is 0 Å². The molecule has 0 aromatic carbocycles. The average molecular weight is 390 g/mol. The number of thiazole rings is 1. The van der Waals surface area contributed by atoms with Crippen molar-refractivity contribution in [2.75, 3.05) is 18.4 Å². The molecule has 27 heavy (non-hydrogen) atoms. The van der Waals surface area contributed by atoms with Crippen molar-refractivity contribution < 1.29 is 9.53 Å². The summed E-state index contributed by atoms with van der Waals surface area (Å²) in [6, 6.07) is 1.96. The Labute approximate surface area is 164 Å². The van der Waals surface area contributed by atoms with Crippen molar-refractivity contribution in [2.24, 2.45) is 5.92 Å². The molecule has 3 rings (SSSR count). The summed E-state index contributed by atoms with van der Waals surface area (Å²) in [4.78, 5) is 28.3. The molecule has 1 saturated heterocycles. The monoisotopic (exact) mass is 389 g/mol. The quantitative estimate of drug-likeness (QED) is 0.845. The van der Waals surface area contributed by atoms with Crippen LogP contribution in [0.4, 0.5) is 15.7 Å². The molecule has 0 aliphatic carbocycles. The summed E-state index contributed by atoms with van der Waals surface area (Å²) in [5, 5.41) is 4.05. The molecule has 1 aliphatic heterocycles. The molecule has 2 aromatic rings. The van der Waals surface area contributed by atoms with Crippen LogP contribution in [0.1, 0.15) is 44.2 Å². The highest BCUT2D eigenvalue weighted by molar-refractivity contribution is 7.15. The minimum absolute atomic E-state index is 0.226. The van der Waals surface area contributed by atoms with E-state index in [2.05, 4.69) is 20.3 Å². The largest absolute Gasteiger partial charge is 0.444 e. The number of aromatic nitrogens is 3. The van der Waals surface area contributed by atoms with Crippen LogP contribution < -0.4 is 5.32 Å². The van der Waals surface area contributed by atoms with Gasteiger partial charge in [-0.05, 0) is 52.9 Å². The van der Waals surface area contributed by atoms with Gasteiger partial charge in [-0.15, -0.1) is 11.3 Å². The van der Waals surface area contributed by atoms with E-state index in [9.17, 15) is 4.79 Å². The van der Waals surface area contributed by atoms with E-state index >= 15 is 0 Å². The number of hydrogen-bond acceptors (Lipinski definition) is 7. The number of nitrogens with one attached hydrogen (secondary N) is 1. The normalized spacial score (nSPS) is 17.6. The third-order valence-corrected chi connectivity index (χ3v) is 5.08. The van der Waals surface area contributed by atoms with Gasteiger partial charge in [0.15, 0.2) is 5.13 Å². The van der Waals surface area contributed by atoms with E-state index in [-0.39, 0.29) is 6.09 Å². The Morgan fingerprint density at radius 1 is 1.37 bits per heavy atom. The molecule has 0 spiro atoms. The number of amides is 1. The zero-order chi connectivity index (χ0) is 19.4. The van der Waals surface area contributed by atoms with Crippen molar-refractivity contribution in [2.45, 2.75) is 52.6 Å². The van der Waals surface area contributed by atoms with Crippen molar-refractivity contribution >= 4 is 28.4 Å². The Morgan fingerprint density at radius 2 is 2.19 bits per heavy atom. The summed E-state index contributed by atoms with van der Waals surface area (Å²) in [6.45, 7) is 9.16. The molecule has 7 nitrogen and oxygen atoms in total. The van der Waals surface area contributed by atoms with Crippen molar-refractivity contribution in [1.82, 2.24) is 19.9 Å².